The van der Waals surface area contributed by atoms with E-state index in [1.54, 1.807) is 0 Å². The zero-order valence-corrected chi connectivity index (χ0v) is 7.69. The van der Waals surface area contributed by atoms with Crippen molar-refractivity contribution in [3.63, 3.8) is 0 Å². The highest BCUT2D eigenvalue weighted by atomic mass is 19.4. The van der Waals surface area contributed by atoms with Gasteiger partial charge in [0.1, 0.15) is 0 Å². The third kappa shape index (κ3) is 2.22. The van der Waals surface area contributed by atoms with Crippen LogP contribution in [-0.4, -0.2) is 23.9 Å². The van der Waals surface area contributed by atoms with Crippen LogP contribution < -0.4 is 0 Å². The molecule has 0 spiro atoms. The van der Waals surface area contributed by atoms with E-state index >= 15 is 0 Å². The Balaban J connectivity index is 5.34. The number of alkyl halides is 9. The van der Waals surface area contributed by atoms with Crippen LogP contribution in [0.15, 0.2) is 0 Å². The first kappa shape index (κ1) is 15.4. The summed E-state index contributed by atoms with van der Waals surface area (Å²) in [6.07, 6.45) is -8.12. The Kier molecular flexibility index (Phi) is 3.83. The Hall–Kier alpha value is -0.630. The highest BCUT2D eigenvalue weighted by molar-refractivity contribution is 5.05. The molecule has 0 saturated carbocycles. The molecule has 0 fully saturated rings. The Bertz CT molecular complexity index is 239. The van der Waals surface area contributed by atoms with Gasteiger partial charge in [0.2, 0.25) is 0 Å². The molecule has 0 amide bonds. The minimum atomic E-state index is -6.80. The summed E-state index contributed by atoms with van der Waals surface area (Å²) in [6.45, 7) is 0.899. The van der Waals surface area contributed by atoms with Gasteiger partial charge in [-0.2, -0.15) is 39.5 Å². The minimum Gasteiger partial charge on any atom is -0.199 e. The first-order chi connectivity index (χ1) is 6.81. The molecule has 1 radical (unpaired) electrons. The molecule has 0 rings (SSSR count). The van der Waals surface area contributed by atoms with Crippen molar-refractivity contribution in [2.75, 3.05) is 0 Å². The molecule has 0 aliphatic carbocycles. The largest absolute Gasteiger partial charge is 0.460 e. The number of rotatable bonds is 4. The highest BCUT2D eigenvalue weighted by Crippen LogP contribution is 2.53. The van der Waals surface area contributed by atoms with Crippen molar-refractivity contribution in [3.05, 3.63) is 6.42 Å². The molecule has 0 aromatic heterocycles. The summed E-state index contributed by atoms with van der Waals surface area (Å²) < 4.78 is 109. The highest BCUT2D eigenvalue weighted by Gasteiger charge is 2.81. The summed E-state index contributed by atoms with van der Waals surface area (Å²) >= 11 is 0. The molecule has 97 valence electrons. The van der Waals surface area contributed by atoms with Crippen LogP contribution in [0.1, 0.15) is 13.3 Å². The van der Waals surface area contributed by atoms with Crippen LogP contribution in [0.2, 0.25) is 0 Å². The van der Waals surface area contributed by atoms with E-state index in [0.717, 1.165) is 6.92 Å². The summed E-state index contributed by atoms with van der Waals surface area (Å²) in [4.78, 5) is 0. The molecule has 0 aromatic carbocycles. The molecular formula is C7H6F9. The van der Waals surface area contributed by atoms with E-state index in [4.69, 9.17) is 0 Å². The van der Waals surface area contributed by atoms with Gasteiger partial charge in [0.25, 0.3) is 0 Å². The van der Waals surface area contributed by atoms with Gasteiger partial charge in [-0.1, -0.05) is 6.92 Å². The van der Waals surface area contributed by atoms with Crippen LogP contribution in [0, 0.1) is 6.42 Å². The van der Waals surface area contributed by atoms with Crippen LogP contribution in [0.5, 0.6) is 0 Å². The maximum absolute atomic E-state index is 12.4. The molecule has 0 saturated heterocycles. The van der Waals surface area contributed by atoms with Gasteiger partial charge in [-0.15, -0.1) is 0 Å². The summed E-state index contributed by atoms with van der Waals surface area (Å²) in [7, 11) is 0. The second kappa shape index (κ2) is 3.99. The van der Waals surface area contributed by atoms with Crippen molar-refractivity contribution in [1.29, 1.82) is 0 Å². The van der Waals surface area contributed by atoms with Crippen LogP contribution in [0.3, 0.4) is 0 Å². The molecule has 0 heterocycles. The molecular weight excluding hydrogens is 255 g/mol. The van der Waals surface area contributed by atoms with E-state index in [0.29, 0.717) is 0 Å². The summed E-state index contributed by atoms with van der Waals surface area (Å²) in [5, 5.41) is 0. The topological polar surface area (TPSA) is 0 Å². The Morgan fingerprint density at radius 2 is 1.12 bits per heavy atom. The van der Waals surface area contributed by atoms with Crippen LogP contribution in [0.25, 0.3) is 0 Å². The van der Waals surface area contributed by atoms with E-state index in [-0.39, 0.29) is 0 Å². The van der Waals surface area contributed by atoms with Crippen LogP contribution in [0.4, 0.5) is 39.5 Å². The fourth-order valence-corrected chi connectivity index (χ4v) is 0.772. The van der Waals surface area contributed by atoms with Gasteiger partial charge in [0, 0.05) is 6.42 Å². The lowest BCUT2D eigenvalue weighted by Gasteiger charge is -2.33. The number of hydrogen-bond acceptors (Lipinski definition) is 0. The van der Waals surface area contributed by atoms with E-state index < -0.39 is 36.8 Å². The summed E-state index contributed by atoms with van der Waals surface area (Å²) in [6, 6.07) is 0. The lowest BCUT2D eigenvalue weighted by atomic mass is 10.0. The van der Waals surface area contributed by atoms with Crippen molar-refractivity contribution >= 4 is 0 Å². The molecule has 0 nitrogen and oxygen atoms in total. The van der Waals surface area contributed by atoms with Gasteiger partial charge in [-0.05, 0) is 6.42 Å². The lowest BCUT2D eigenvalue weighted by Crippen LogP contribution is -2.60. The van der Waals surface area contributed by atoms with Gasteiger partial charge in [0.05, 0.1) is 0 Å². The number of halogens is 9. The van der Waals surface area contributed by atoms with E-state index in [9.17, 15) is 39.5 Å². The Morgan fingerprint density at radius 1 is 0.750 bits per heavy atom. The standard InChI is InChI=1S/C7H6F9/c1-2-3-4(8,9)5(10,11)6(12,13)7(14,15)16/h3H,2H2,1H3. The minimum absolute atomic E-state index is 0.591. The average Bonchev–Trinajstić information content (AvgIpc) is 2.01. The zero-order valence-electron chi connectivity index (χ0n) is 7.69. The van der Waals surface area contributed by atoms with Gasteiger partial charge < -0.3 is 0 Å². The Morgan fingerprint density at radius 3 is 1.38 bits per heavy atom. The fraction of sp³-hybridized carbons (Fsp3) is 0.857. The van der Waals surface area contributed by atoms with E-state index in [2.05, 4.69) is 0 Å². The van der Waals surface area contributed by atoms with E-state index in [1.807, 2.05) is 0 Å². The molecule has 0 N–H and O–H groups in total. The van der Waals surface area contributed by atoms with Gasteiger partial charge in [-0.25, -0.2) is 0 Å². The monoisotopic (exact) mass is 261 g/mol. The molecule has 0 bridgehead atoms. The zero-order chi connectivity index (χ0) is 13.4. The first-order valence-electron chi connectivity index (χ1n) is 3.85. The summed E-state index contributed by atoms with van der Waals surface area (Å²) in [5.41, 5.74) is 0. The molecule has 9 heteroatoms. The van der Waals surface area contributed by atoms with Crippen molar-refractivity contribution in [2.45, 2.75) is 37.3 Å². The smallest absolute Gasteiger partial charge is 0.199 e. The van der Waals surface area contributed by atoms with Crippen LogP contribution in [-0.2, 0) is 0 Å². The fourth-order valence-electron chi connectivity index (χ4n) is 0.772. The maximum Gasteiger partial charge on any atom is 0.460 e. The lowest BCUT2D eigenvalue weighted by molar-refractivity contribution is -0.390. The molecule has 0 aliphatic rings. The van der Waals surface area contributed by atoms with Crippen molar-refractivity contribution in [3.8, 4) is 0 Å². The summed E-state index contributed by atoms with van der Waals surface area (Å²) in [5.74, 6) is -18.9. The van der Waals surface area contributed by atoms with Gasteiger partial charge in [-0.3, -0.25) is 0 Å². The molecule has 16 heavy (non-hydrogen) atoms. The maximum atomic E-state index is 12.4. The van der Waals surface area contributed by atoms with Gasteiger partial charge >= 0.3 is 23.9 Å². The van der Waals surface area contributed by atoms with E-state index in [1.165, 1.54) is 0 Å². The normalized spacial score (nSPS) is 15.4. The average molecular weight is 261 g/mol. The third-order valence-electron chi connectivity index (χ3n) is 1.63. The molecule has 0 unspecified atom stereocenters. The Labute approximate surface area is 84.4 Å². The van der Waals surface area contributed by atoms with Gasteiger partial charge in [0.15, 0.2) is 0 Å². The van der Waals surface area contributed by atoms with Crippen molar-refractivity contribution < 1.29 is 39.5 Å². The third-order valence-corrected chi connectivity index (χ3v) is 1.63. The second-order valence-corrected chi connectivity index (χ2v) is 2.88. The second-order valence-electron chi connectivity index (χ2n) is 2.88. The van der Waals surface area contributed by atoms with Crippen LogP contribution >= 0.6 is 0 Å². The molecule has 0 aromatic rings. The van der Waals surface area contributed by atoms with Crippen molar-refractivity contribution in [1.82, 2.24) is 0 Å². The first-order valence-corrected chi connectivity index (χ1v) is 3.85. The predicted molar refractivity (Wildman–Crippen MR) is 35.5 cm³/mol. The molecule has 0 atom stereocenters. The SMILES string of the molecule is CC[CH]C(F)(F)C(F)(F)C(F)(F)C(F)(F)F. The molecule has 0 aliphatic heterocycles. The predicted octanol–water partition coefficient (Wildman–Crippen LogP) is 4.07. The number of hydrogen-bond donors (Lipinski definition) is 0. The van der Waals surface area contributed by atoms with Crippen molar-refractivity contribution in [2.24, 2.45) is 0 Å². The quantitative estimate of drug-likeness (QED) is 0.669.